The minimum absolute atomic E-state index is 0.117. The van der Waals surface area contributed by atoms with Crippen molar-refractivity contribution in [2.75, 3.05) is 13.2 Å². The van der Waals surface area contributed by atoms with Crippen LogP contribution in [-0.4, -0.2) is 30.3 Å². The molecule has 1 unspecified atom stereocenters. The van der Waals surface area contributed by atoms with Crippen molar-refractivity contribution in [1.29, 1.82) is 0 Å². The number of aliphatic hydroxyl groups excluding tert-OH is 1. The Balaban J connectivity index is 2.37. The molecule has 4 nitrogen and oxygen atoms in total. The number of hydrogen-bond donors (Lipinski definition) is 3. The number of urea groups is 1. The van der Waals surface area contributed by atoms with Gasteiger partial charge in [-0.15, -0.1) is 0 Å². The molecule has 1 atom stereocenters. The molecule has 3 N–H and O–H groups in total. The highest BCUT2D eigenvalue weighted by atomic mass is 79.9. The second-order valence-corrected chi connectivity index (χ2v) is 4.89. The molecule has 18 heavy (non-hydrogen) atoms. The summed E-state index contributed by atoms with van der Waals surface area (Å²) >= 11 is 3.27. The maximum Gasteiger partial charge on any atom is 0.315 e. The third-order valence-corrected chi connectivity index (χ3v) is 2.83. The molecule has 0 saturated carbocycles. The van der Waals surface area contributed by atoms with Gasteiger partial charge in [0.25, 0.3) is 0 Å². The van der Waals surface area contributed by atoms with Gasteiger partial charge < -0.3 is 15.7 Å². The molecule has 1 aromatic carbocycles. The van der Waals surface area contributed by atoms with Crippen LogP contribution in [0.4, 0.5) is 9.18 Å². The van der Waals surface area contributed by atoms with Crippen LogP contribution in [0.25, 0.3) is 0 Å². The summed E-state index contributed by atoms with van der Waals surface area (Å²) in [4.78, 5) is 11.3. The summed E-state index contributed by atoms with van der Waals surface area (Å²) in [5.41, 5.74) is 0.542. The highest BCUT2D eigenvalue weighted by Crippen LogP contribution is 2.15. The predicted octanol–water partition coefficient (Wildman–Crippen LogP) is 1.81. The lowest BCUT2D eigenvalue weighted by Gasteiger charge is -2.12. The fourth-order valence-electron chi connectivity index (χ4n) is 1.37. The van der Waals surface area contributed by atoms with Crippen LogP contribution in [0.5, 0.6) is 0 Å². The molecule has 0 aliphatic rings. The molecule has 0 aliphatic carbocycles. The van der Waals surface area contributed by atoms with E-state index in [1.54, 1.807) is 19.1 Å². The summed E-state index contributed by atoms with van der Waals surface area (Å²) < 4.78 is 14.2. The monoisotopic (exact) mass is 318 g/mol. The van der Waals surface area contributed by atoms with Gasteiger partial charge >= 0.3 is 6.03 Å². The number of nitrogens with one attached hydrogen (secondary N) is 2. The lowest BCUT2D eigenvalue weighted by molar-refractivity contribution is 0.220. The molecule has 0 bridgehead atoms. The number of amides is 2. The van der Waals surface area contributed by atoms with E-state index in [1.165, 1.54) is 6.07 Å². The van der Waals surface area contributed by atoms with E-state index in [0.29, 0.717) is 18.5 Å². The van der Waals surface area contributed by atoms with E-state index in [9.17, 15) is 9.18 Å². The molecule has 100 valence electrons. The van der Waals surface area contributed by atoms with Gasteiger partial charge in [-0.3, -0.25) is 0 Å². The zero-order valence-corrected chi connectivity index (χ0v) is 11.6. The normalized spacial score (nSPS) is 12.0. The molecule has 6 heteroatoms. The maximum absolute atomic E-state index is 13.4. The van der Waals surface area contributed by atoms with E-state index >= 15 is 0 Å². The van der Waals surface area contributed by atoms with Gasteiger partial charge in [-0.2, -0.15) is 0 Å². The molecular weight excluding hydrogens is 303 g/mol. The fourth-order valence-corrected chi connectivity index (χ4v) is 1.77. The van der Waals surface area contributed by atoms with Crippen LogP contribution in [0.15, 0.2) is 22.7 Å². The molecule has 0 aliphatic heterocycles. The summed E-state index contributed by atoms with van der Waals surface area (Å²) in [6.07, 6.45) is 0.409. The summed E-state index contributed by atoms with van der Waals surface area (Å²) in [5, 5.41) is 13.9. The smallest absolute Gasteiger partial charge is 0.315 e. The molecular formula is C12H16BrFN2O2. The van der Waals surface area contributed by atoms with Gasteiger partial charge in [-0.05, 0) is 37.1 Å². The van der Waals surface area contributed by atoms with Gasteiger partial charge in [0.05, 0.1) is 12.6 Å². The van der Waals surface area contributed by atoms with E-state index in [0.717, 1.165) is 4.47 Å². The van der Waals surface area contributed by atoms with Crippen LogP contribution in [0, 0.1) is 5.82 Å². The standard InChI is InChI=1S/C12H16BrFN2O2/c1-8(7-17)16-12(18)15-5-4-9-6-10(13)2-3-11(9)14/h2-3,6,8,17H,4-5,7H2,1H3,(H2,15,16,18). The summed E-state index contributed by atoms with van der Waals surface area (Å²) in [5.74, 6) is -0.288. The van der Waals surface area contributed by atoms with Gasteiger partial charge in [0.2, 0.25) is 0 Å². The Morgan fingerprint density at radius 3 is 2.94 bits per heavy atom. The van der Waals surface area contributed by atoms with E-state index in [1.807, 2.05) is 0 Å². The van der Waals surface area contributed by atoms with Crippen molar-refractivity contribution in [3.8, 4) is 0 Å². The number of aliphatic hydroxyl groups is 1. The number of hydrogen-bond acceptors (Lipinski definition) is 2. The fraction of sp³-hybridized carbons (Fsp3) is 0.417. The summed E-state index contributed by atoms with van der Waals surface area (Å²) in [6.45, 7) is 1.90. The van der Waals surface area contributed by atoms with Crippen molar-refractivity contribution in [2.45, 2.75) is 19.4 Å². The van der Waals surface area contributed by atoms with Crippen LogP contribution in [0.2, 0.25) is 0 Å². The Bertz CT molecular complexity index is 415. The second-order valence-electron chi connectivity index (χ2n) is 3.97. The Morgan fingerprint density at radius 1 is 1.56 bits per heavy atom. The number of rotatable bonds is 5. The highest BCUT2D eigenvalue weighted by molar-refractivity contribution is 9.10. The lowest BCUT2D eigenvalue weighted by Crippen LogP contribution is -2.42. The van der Waals surface area contributed by atoms with Crippen molar-refractivity contribution >= 4 is 22.0 Å². The first-order valence-corrected chi connectivity index (χ1v) is 6.41. The zero-order chi connectivity index (χ0) is 13.5. The molecule has 0 saturated heterocycles. The van der Waals surface area contributed by atoms with Crippen molar-refractivity contribution in [1.82, 2.24) is 10.6 Å². The highest BCUT2D eigenvalue weighted by Gasteiger charge is 2.06. The van der Waals surface area contributed by atoms with E-state index in [2.05, 4.69) is 26.6 Å². The van der Waals surface area contributed by atoms with Crippen molar-refractivity contribution in [3.05, 3.63) is 34.1 Å². The minimum atomic E-state index is -0.369. The van der Waals surface area contributed by atoms with Crippen LogP contribution in [0.1, 0.15) is 12.5 Å². The van der Waals surface area contributed by atoms with Crippen LogP contribution in [0.3, 0.4) is 0 Å². The number of halogens is 2. The molecule has 0 heterocycles. The van der Waals surface area contributed by atoms with Crippen molar-refractivity contribution in [2.24, 2.45) is 0 Å². The first kappa shape index (κ1) is 14.9. The molecule has 0 aromatic heterocycles. The van der Waals surface area contributed by atoms with Gasteiger partial charge in [0.15, 0.2) is 0 Å². The molecule has 0 spiro atoms. The first-order valence-electron chi connectivity index (χ1n) is 5.62. The van der Waals surface area contributed by atoms with Crippen LogP contribution < -0.4 is 10.6 Å². The molecule has 0 radical (unpaired) electrons. The summed E-state index contributed by atoms with van der Waals surface area (Å²) in [6, 6.07) is 4.03. The number of carbonyl (C=O) groups is 1. The SMILES string of the molecule is CC(CO)NC(=O)NCCc1cc(Br)ccc1F. The van der Waals surface area contributed by atoms with Crippen molar-refractivity contribution in [3.63, 3.8) is 0 Å². The van der Waals surface area contributed by atoms with Crippen LogP contribution in [-0.2, 0) is 6.42 Å². The zero-order valence-electron chi connectivity index (χ0n) is 10.0. The largest absolute Gasteiger partial charge is 0.394 e. The van der Waals surface area contributed by atoms with E-state index < -0.39 is 0 Å². The average molecular weight is 319 g/mol. The second kappa shape index (κ2) is 7.33. The molecule has 2 amide bonds. The lowest BCUT2D eigenvalue weighted by atomic mass is 10.1. The van der Waals surface area contributed by atoms with Gasteiger partial charge in [-0.25, -0.2) is 9.18 Å². The Labute approximate surface area is 114 Å². The van der Waals surface area contributed by atoms with Crippen LogP contribution >= 0.6 is 15.9 Å². The van der Waals surface area contributed by atoms with Gasteiger partial charge in [-0.1, -0.05) is 15.9 Å². The molecule has 1 rings (SSSR count). The average Bonchev–Trinajstić information content (AvgIpc) is 2.33. The Hall–Kier alpha value is -1.14. The Kier molecular flexibility index (Phi) is 6.07. The maximum atomic E-state index is 13.4. The van der Waals surface area contributed by atoms with Gasteiger partial charge in [0.1, 0.15) is 5.82 Å². The van der Waals surface area contributed by atoms with E-state index in [-0.39, 0.29) is 24.5 Å². The molecule has 0 fully saturated rings. The Morgan fingerprint density at radius 2 is 2.28 bits per heavy atom. The minimum Gasteiger partial charge on any atom is -0.394 e. The first-order chi connectivity index (χ1) is 8.52. The predicted molar refractivity (Wildman–Crippen MR) is 70.9 cm³/mol. The quantitative estimate of drug-likeness (QED) is 0.775. The van der Waals surface area contributed by atoms with Gasteiger partial charge in [0, 0.05) is 11.0 Å². The van der Waals surface area contributed by atoms with Crippen molar-refractivity contribution < 1.29 is 14.3 Å². The number of carbonyl (C=O) groups excluding carboxylic acids is 1. The third-order valence-electron chi connectivity index (χ3n) is 2.34. The third kappa shape index (κ3) is 5.01. The summed E-state index contributed by atoms with van der Waals surface area (Å²) in [7, 11) is 0. The topological polar surface area (TPSA) is 61.4 Å². The van der Waals surface area contributed by atoms with E-state index in [4.69, 9.17) is 5.11 Å². The number of benzene rings is 1. The molecule has 1 aromatic rings.